The third kappa shape index (κ3) is 3.94. The molecule has 0 aliphatic carbocycles. The van der Waals surface area contributed by atoms with Crippen LogP contribution < -0.4 is 5.32 Å². The third-order valence-electron chi connectivity index (χ3n) is 1.86. The monoisotopic (exact) mass is 197 g/mol. The quantitative estimate of drug-likeness (QED) is 0.681. The molecular weight excluding hydrogens is 178 g/mol. The minimum absolute atomic E-state index is 0.583. The molecule has 0 unspecified atom stereocenters. The summed E-state index contributed by atoms with van der Waals surface area (Å²) in [5.74, 6) is 1.88. The highest BCUT2D eigenvalue weighted by Crippen LogP contribution is 2.08. The first-order valence-electron chi connectivity index (χ1n) is 5.22. The summed E-state index contributed by atoms with van der Waals surface area (Å²) in [4.78, 5) is 0. The maximum atomic E-state index is 5.54. The zero-order valence-corrected chi connectivity index (χ0v) is 9.01. The van der Waals surface area contributed by atoms with Gasteiger partial charge in [-0.1, -0.05) is 13.8 Å². The van der Waals surface area contributed by atoms with E-state index in [1.54, 1.807) is 0 Å². The van der Waals surface area contributed by atoms with Gasteiger partial charge in [-0.15, -0.1) is 0 Å². The van der Waals surface area contributed by atoms with E-state index in [2.05, 4.69) is 19.2 Å². The van der Waals surface area contributed by atoms with Crippen molar-refractivity contribution in [1.29, 1.82) is 0 Å². The highest BCUT2D eigenvalue weighted by molar-refractivity contribution is 5.06. The minimum atomic E-state index is 0.583. The average molecular weight is 197 g/mol. The summed E-state index contributed by atoms with van der Waals surface area (Å²) in [6.07, 6.45) is 1.05. The molecule has 0 fully saturated rings. The number of ether oxygens (including phenoxy) is 1. The summed E-state index contributed by atoms with van der Waals surface area (Å²) >= 11 is 0. The standard InChI is InChI=1S/C11H19NO2/c1-3-7-13-9-11-6-5-10(14-11)8-12-4-2/h5-6,12H,3-4,7-9H2,1-2H3. The van der Waals surface area contributed by atoms with Crippen LogP contribution in [0.4, 0.5) is 0 Å². The van der Waals surface area contributed by atoms with E-state index in [9.17, 15) is 0 Å². The van der Waals surface area contributed by atoms with Gasteiger partial charge in [-0.25, -0.2) is 0 Å². The van der Waals surface area contributed by atoms with E-state index < -0.39 is 0 Å². The lowest BCUT2D eigenvalue weighted by molar-refractivity contribution is 0.106. The summed E-state index contributed by atoms with van der Waals surface area (Å²) in [6, 6.07) is 3.97. The Hall–Kier alpha value is -0.800. The lowest BCUT2D eigenvalue weighted by atomic mass is 10.4. The van der Waals surface area contributed by atoms with Crippen LogP contribution in [0.3, 0.4) is 0 Å². The minimum Gasteiger partial charge on any atom is -0.462 e. The molecule has 1 heterocycles. The maximum Gasteiger partial charge on any atom is 0.129 e. The van der Waals surface area contributed by atoms with Crippen LogP contribution >= 0.6 is 0 Å². The molecular formula is C11H19NO2. The molecule has 0 saturated heterocycles. The van der Waals surface area contributed by atoms with Gasteiger partial charge in [0.15, 0.2) is 0 Å². The van der Waals surface area contributed by atoms with Gasteiger partial charge in [-0.2, -0.15) is 0 Å². The van der Waals surface area contributed by atoms with Crippen LogP contribution in [0.1, 0.15) is 31.8 Å². The van der Waals surface area contributed by atoms with Gasteiger partial charge < -0.3 is 14.5 Å². The molecule has 0 aliphatic heterocycles. The first-order valence-corrected chi connectivity index (χ1v) is 5.22. The molecule has 0 radical (unpaired) electrons. The molecule has 0 aromatic carbocycles. The molecule has 0 amide bonds. The average Bonchev–Trinajstić information content (AvgIpc) is 2.63. The Morgan fingerprint density at radius 1 is 1.29 bits per heavy atom. The number of hydrogen-bond acceptors (Lipinski definition) is 3. The van der Waals surface area contributed by atoms with Crippen LogP contribution in [0.15, 0.2) is 16.5 Å². The SMILES string of the molecule is CCCOCc1ccc(CNCC)o1. The van der Waals surface area contributed by atoms with Crippen LogP contribution in [0.2, 0.25) is 0 Å². The zero-order valence-electron chi connectivity index (χ0n) is 9.01. The molecule has 0 atom stereocenters. The molecule has 3 heteroatoms. The summed E-state index contributed by atoms with van der Waals surface area (Å²) in [6.45, 7) is 7.31. The van der Waals surface area contributed by atoms with E-state index in [0.717, 1.165) is 37.6 Å². The van der Waals surface area contributed by atoms with E-state index in [0.29, 0.717) is 6.61 Å². The van der Waals surface area contributed by atoms with Gasteiger partial charge in [0.2, 0.25) is 0 Å². The Bertz CT molecular complexity index is 245. The summed E-state index contributed by atoms with van der Waals surface area (Å²) in [5, 5.41) is 3.21. The van der Waals surface area contributed by atoms with E-state index in [1.165, 1.54) is 0 Å². The van der Waals surface area contributed by atoms with Crippen LogP contribution in [0.25, 0.3) is 0 Å². The van der Waals surface area contributed by atoms with Gasteiger partial charge >= 0.3 is 0 Å². The fourth-order valence-corrected chi connectivity index (χ4v) is 1.16. The second kappa shape index (κ2) is 6.62. The summed E-state index contributed by atoms with van der Waals surface area (Å²) < 4.78 is 10.9. The second-order valence-electron chi connectivity index (χ2n) is 3.20. The van der Waals surface area contributed by atoms with Crippen molar-refractivity contribution in [3.63, 3.8) is 0 Å². The normalized spacial score (nSPS) is 10.7. The van der Waals surface area contributed by atoms with E-state index in [4.69, 9.17) is 9.15 Å². The number of nitrogens with one attached hydrogen (secondary N) is 1. The van der Waals surface area contributed by atoms with Crippen LogP contribution in [-0.4, -0.2) is 13.2 Å². The van der Waals surface area contributed by atoms with Gasteiger partial charge in [-0.3, -0.25) is 0 Å². The number of rotatable bonds is 7. The van der Waals surface area contributed by atoms with Crippen molar-refractivity contribution in [2.45, 2.75) is 33.4 Å². The van der Waals surface area contributed by atoms with E-state index >= 15 is 0 Å². The van der Waals surface area contributed by atoms with Crippen LogP contribution in [-0.2, 0) is 17.9 Å². The fraction of sp³-hybridized carbons (Fsp3) is 0.636. The van der Waals surface area contributed by atoms with Gasteiger partial charge in [-0.05, 0) is 25.1 Å². The molecule has 0 aliphatic rings. The Morgan fingerprint density at radius 3 is 2.79 bits per heavy atom. The van der Waals surface area contributed by atoms with Crippen LogP contribution in [0, 0.1) is 0 Å². The Balaban J connectivity index is 2.27. The molecule has 0 bridgehead atoms. The first kappa shape index (κ1) is 11.3. The topological polar surface area (TPSA) is 34.4 Å². The van der Waals surface area contributed by atoms with Crippen molar-refractivity contribution in [3.8, 4) is 0 Å². The Labute approximate surface area is 85.4 Å². The van der Waals surface area contributed by atoms with Gasteiger partial charge in [0.1, 0.15) is 18.1 Å². The van der Waals surface area contributed by atoms with Crippen molar-refractivity contribution >= 4 is 0 Å². The molecule has 14 heavy (non-hydrogen) atoms. The molecule has 1 rings (SSSR count). The lowest BCUT2D eigenvalue weighted by Crippen LogP contribution is -2.10. The van der Waals surface area contributed by atoms with Crippen molar-refractivity contribution in [2.75, 3.05) is 13.2 Å². The molecule has 3 nitrogen and oxygen atoms in total. The Morgan fingerprint density at radius 2 is 2.07 bits per heavy atom. The molecule has 1 N–H and O–H groups in total. The number of furan rings is 1. The Kier molecular flexibility index (Phi) is 5.33. The van der Waals surface area contributed by atoms with Crippen molar-refractivity contribution in [1.82, 2.24) is 5.32 Å². The predicted molar refractivity (Wildman–Crippen MR) is 56.0 cm³/mol. The van der Waals surface area contributed by atoms with E-state index in [1.807, 2.05) is 12.1 Å². The second-order valence-corrected chi connectivity index (χ2v) is 3.20. The molecule has 1 aromatic heterocycles. The van der Waals surface area contributed by atoms with Gasteiger partial charge in [0.25, 0.3) is 0 Å². The van der Waals surface area contributed by atoms with Crippen LogP contribution in [0.5, 0.6) is 0 Å². The number of hydrogen-bond donors (Lipinski definition) is 1. The molecule has 0 spiro atoms. The molecule has 80 valence electrons. The van der Waals surface area contributed by atoms with Crippen molar-refractivity contribution in [2.24, 2.45) is 0 Å². The lowest BCUT2D eigenvalue weighted by Gasteiger charge is -1.99. The van der Waals surface area contributed by atoms with Crippen molar-refractivity contribution in [3.05, 3.63) is 23.7 Å². The molecule has 1 aromatic rings. The molecule has 0 saturated carbocycles. The highest BCUT2D eigenvalue weighted by atomic mass is 16.5. The zero-order chi connectivity index (χ0) is 10.2. The largest absolute Gasteiger partial charge is 0.462 e. The smallest absolute Gasteiger partial charge is 0.129 e. The van der Waals surface area contributed by atoms with Crippen molar-refractivity contribution < 1.29 is 9.15 Å². The predicted octanol–water partition coefficient (Wildman–Crippen LogP) is 2.32. The highest BCUT2D eigenvalue weighted by Gasteiger charge is 2.00. The van der Waals surface area contributed by atoms with E-state index in [-0.39, 0.29) is 0 Å². The maximum absolute atomic E-state index is 5.54. The first-order chi connectivity index (χ1) is 6.86. The summed E-state index contributed by atoms with van der Waals surface area (Å²) in [5.41, 5.74) is 0. The van der Waals surface area contributed by atoms with Gasteiger partial charge in [0, 0.05) is 6.61 Å². The third-order valence-corrected chi connectivity index (χ3v) is 1.86. The fourth-order valence-electron chi connectivity index (χ4n) is 1.16. The summed E-state index contributed by atoms with van der Waals surface area (Å²) in [7, 11) is 0. The van der Waals surface area contributed by atoms with Gasteiger partial charge in [0.05, 0.1) is 6.54 Å².